The van der Waals surface area contributed by atoms with E-state index in [1.807, 2.05) is 6.20 Å². The van der Waals surface area contributed by atoms with Crippen molar-refractivity contribution in [3.8, 4) is 28.3 Å². The standard InChI is InChI=1S/C52H43N4Si/c1-37(2)44-23-10-11-24-45(44)38-31-32-53-52(33-38)56-48-26-13-12-25-46(48)47-30-29-43(35-51(47)56)57(3,41-20-8-5-9-21-41)42-22-16-19-40(34-42)55-36-54(39-17-6-4-7-18-39)49-27-14-15-28-50(49)55/h4-37H,1-3H3/q+1. The Kier molecular flexibility index (Phi) is 8.53. The summed E-state index contributed by atoms with van der Waals surface area (Å²) in [6.45, 7) is 7.04. The van der Waals surface area contributed by atoms with Crippen molar-refractivity contribution >= 4 is 56.5 Å². The van der Waals surface area contributed by atoms with Crippen LogP contribution in [0.2, 0.25) is 6.55 Å². The van der Waals surface area contributed by atoms with E-state index in [9.17, 15) is 0 Å². The molecule has 0 saturated heterocycles. The van der Waals surface area contributed by atoms with Gasteiger partial charge in [0.1, 0.15) is 25.3 Å². The van der Waals surface area contributed by atoms with Gasteiger partial charge < -0.3 is 0 Å². The molecule has 1 atom stereocenters. The van der Waals surface area contributed by atoms with Gasteiger partial charge in [-0.3, -0.25) is 4.57 Å². The maximum Gasteiger partial charge on any atom is 0.255 e. The van der Waals surface area contributed by atoms with E-state index in [4.69, 9.17) is 4.98 Å². The lowest BCUT2D eigenvalue weighted by molar-refractivity contribution is -0.567. The molecule has 10 rings (SSSR count). The van der Waals surface area contributed by atoms with E-state index >= 15 is 0 Å². The third kappa shape index (κ3) is 5.82. The van der Waals surface area contributed by atoms with E-state index in [-0.39, 0.29) is 0 Å². The van der Waals surface area contributed by atoms with Crippen LogP contribution in [-0.2, 0) is 0 Å². The van der Waals surface area contributed by atoms with Gasteiger partial charge in [0.05, 0.1) is 11.0 Å². The van der Waals surface area contributed by atoms with Crippen molar-refractivity contribution in [3.05, 3.63) is 206 Å². The number of aromatic nitrogens is 4. The zero-order chi connectivity index (χ0) is 38.5. The molecule has 3 aromatic heterocycles. The number of fused-ring (bicyclic) bond motifs is 4. The topological polar surface area (TPSA) is 26.6 Å². The van der Waals surface area contributed by atoms with Gasteiger partial charge in [0, 0.05) is 17.0 Å². The monoisotopic (exact) mass is 751 g/mol. The van der Waals surface area contributed by atoms with Crippen molar-refractivity contribution < 1.29 is 4.57 Å². The fourth-order valence-electron chi connectivity index (χ4n) is 8.85. The number of nitrogens with zero attached hydrogens (tertiary/aromatic N) is 4. The van der Waals surface area contributed by atoms with Crippen molar-refractivity contribution in [2.45, 2.75) is 26.3 Å². The van der Waals surface area contributed by atoms with Gasteiger partial charge in [-0.05, 0) is 98.8 Å². The average molecular weight is 752 g/mol. The molecule has 0 radical (unpaired) electrons. The first-order chi connectivity index (χ1) is 28.0. The minimum atomic E-state index is -2.59. The lowest BCUT2D eigenvalue weighted by Gasteiger charge is -2.30. The molecule has 0 fully saturated rings. The van der Waals surface area contributed by atoms with Crippen molar-refractivity contribution in [1.29, 1.82) is 0 Å². The Morgan fingerprint density at radius 2 is 1.21 bits per heavy atom. The van der Waals surface area contributed by atoms with Crippen LogP contribution < -0.4 is 20.1 Å². The highest BCUT2D eigenvalue weighted by Crippen LogP contribution is 2.34. The summed E-state index contributed by atoms with van der Waals surface area (Å²) in [7, 11) is -2.59. The van der Waals surface area contributed by atoms with Crippen molar-refractivity contribution in [2.24, 2.45) is 0 Å². The van der Waals surface area contributed by atoms with Gasteiger partial charge in [0.25, 0.3) is 6.33 Å². The molecule has 5 heteroatoms. The molecule has 4 nitrogen and oxygen atoms in total. The van der Waals surface area contributed by atoms with E-state index < -0.39 is 8.07 Å². The highest BCUT2D eigenvalue weighted by atomic mass is 28.3. The van der Waals surface area contributed by atoms with E-state index in [0.717, 1.165) is 22.7 Å². The Labute approximate surface area is 334 Å². The van der Waals surface area contributed by atoms with Crippen LogP contribution >= 0.6 is 0 Å². The first kappa shape index (κ1) is 34.7. The number of hydrogen-bond donors (Lipinski definition) is 0. The van der Waals surface area contributed by atoms with Crippen LogP contribution in [0, 0.1) is 0 Å². The molecule has 3 heterocycles. The summed E-state index contributed by atoms with van der Waals surface area (Å²) in [6.07, 6.45) is 4.19. The average Bonchev–Trinajstić information content (AvgIpc) is 3.83. The highest BCUT2D eigenvalue weighted by Gasteiger charge is 2.36. The molecule has 0 aliphatic carbocycles. The Morgan fingerprint density at radius 3 is 2.04 bits per heavy atom. The Morgan fingerprint density at radius 1 is 0.544 bits per heavy atom. The van der Waals surface area contributed by atoms with Crippen LogP contribution in [0.5, 0.6) is 0 Å². The zero-order valence-corrected chi connectivity index (χ0v) is 33.4. The van der Waals surface area contributed by atoms with Crippen LogP contribution in [-0.4, -0.2) is 22.2 Å². The molecule has 0 N–H and O–H groups in total. The SMILES string of the molecule is CC(C)c1ccccc1-c1ccnc(-n2c3ccccc3c3ccc([Si](C)(c4ccccc4)c4cccc(-n5c[n+](-c6ccccc6)c6ccccc65)c4)cc32)c1. The van der Waals surface area contributed by atoms with Gasteiger partial charge in [-0.15, -0.1) is 0 Å². The molecule has 0 saturated carbocycles. The number of benzene rings is 7. The number of para-hydroxylation sites is 4. The summed E-state index contributed by atoms with van der Waals surface area (Å²) in [4.78, 5) is 5.05. The second kappa shape index (κ2) is 14.0. The fraction of sp³-hybridized carbons (Fsp3) is 0.0769. The Balaban J connectivity index is 1.17. The minimum Gasteiger partial charge on any atom is -0.294 e. The number of imidazole rings is 1. The van der Waals surface area contributed by atoms with Crippen LogP contribution in [0.25, 0.3) is 61.2 Å². The van der Waals surface area contributed by atoms with Crippen LogP contribution in [0.3, 0.4) is 0 Å². The Bertz CT molecular complexity index is 3070. The molecule has 1 unspecified atom stereocenters. The van der Waals surface area contributed by atoms with Gasteiger partial charge in [-0.25, -0.2) is 4.98 Å². The largest absolute Gasteiger partial charge is 0.294 e. The van der Waals surface area contributed by atoms with Crippen molar-refractivity contribution in [3.63, 3.8) is 0 Å². The molecule has 0 aliphatic heterocycles. The van der Waals surface area contributed by atoms with E-state index in [0.29, 0.717) is 5.92 Å². The third-order valence-electron chi connectivity index (χ3n) is 11.8. The predicted molar refractivity (Wildman–Crippen MR) is 240 cm³/mol. The van der Waals surface area contributed by atoms with Gasteiger partial charge in [-0.1, -0.05) is 148 Å². The molecular formula is C52H43N4Si+. The second-order valence-corrected chi connectivity index (χ2v) is 19.4. The van der Waals surface area contributed by atoms with Gasteiger partial charge in [0.2, 0.25) is 0 Å². The van der Waals surface area contributed by atoms with Crippen LogP contribution in [0.15, 0.2) is 201 Å². The van der Waals surface area contributed by atoms with E-state index in [2.05, 4.69) is 228 Å². The summed E-state index contributed by atoms with van der Waals surface area (Å²) in [6, 6.07) is 68.8. The molecule has 274 valence electrons. The molecule has 0 bridgehead atoms. The quantitative estimate of drug-likeness (QED) is 0.0863. The smallest absolute Gasteiger partial charge is 0.255 e. The fourth-order valence-corrected chi connectivity index (χ4v) is 12.4. The lowest BCUT2D eigenvalue weighted by Crippen LogP contribution is -2.64. The number of rotatable bonds is 8. The maximum atomic E-state index is 5.05. The van der Waals surface area contributed by atoms with Crippen LogP contribution in [0.1, 0.15) is 25.3 Å². The maximum absolute atomic E-state index is 5.05. The summed E-state index contributed by atoms with van der Waals surface area (Å²) in [5.41, 5.74) is 10.7. The molecule has 10 aromatic rings. The van der Waals surface area contributed by atoms with Crippen molar-refractivity contribution in [1.82, 2.24) is 14.1 Å². The van der Waals surface area contributed by atoms with Gasteiger partial charge in [0.15, 0.2) is 11.0 Å². The minimum absolute atomic E-state index is 0.411. The van der Waals surface area contributed by atoms with Gasteiger partial charge in [-0.2, -0.15) is 9.13 Å². The Hall–Kier alpha value is -6.82. The molecular weight excluding hydrogens is 709 g/mol. The first-order valence-corrected chi connectivity index (χ1v) is 22.3. The highest BCUT2D eigenvalue weighted by molar-refractivity contribution is 7.10. The summed E-state index contributed by atoms with van der Waals surface area (Å²) in [5, 5.41) is 6.52. The summed E-state index contributed by atoms with van der Waals surface area (Å²) in [5.74, 6) is 1.33. The van der Waals surface area contributed by atoms with E-state index in [1.54, 1.807) is 0 Å². The lowest BCUT2D eigenvalue weighted by atomic mass is 9.93. The molecule has 0 aliphatic rings. The van der Waals surface area contributed by atoms with Crippen molar-refractivity contribution in [2.75, 3.05) is 0 Å². The molecule has 0 spiro atoms. The van der Waals surface area contributed by atoms with Crippen LogP contribution in [0.4, 0.5) is 0 Å². The first-order valence-electron chi connectivity index (χ1n) is 19.8. The predicted octanol–water partition coefficient (Wildman–Crippen LogP) is 10.3. The zero-order valence-electron chi connectivity index (χ0n) is 32.4. The summed E-state index contributed by atoms with van der Waals surface area (Å²) < 4.78 is 7.00. The summed E-state index contributed by atoms with van der Waals surface area (Å²) >= 11 is 0. The molecule has 57 heavy (non-hydrogen) atoms. The number of pyridine rings is 1. The molecule has 0 amide bonds. The molecule has 7 aromatic carbocycles. The second-order valence-electron chi connectivity index (χ2n) is 15.5. The van der Waals surface area contributed by atoms with E-state index in [1.165, 1.54) is 59.6 Å². The van der Waals surface area contributed by atoms with Gasteiger partial charge >= 0.3 is 0 Å². The normalized spacial score (nSPS) is 12.8. The number of hydrogen-bond acceptors (Lipinski definition) is 1. The third-order valence-corrected chi connectivity index (χ3v) is 16.3.